The molecular formula is C23H17ClN4O2S. The van der Waals surface area contributed by atoms with E-state index in [4.69, 9.17) is 11.6 Å². The molecule has 0 aliphatic carbocycles. The van der Waals surface area contributed by atoms with E-state index in [1.54, 1.807) is 12.1 Å². The van der Waals surface area contributed by atoms with Crippen LogP contribution in [0.25, 0.3) is 16.9 Å². The van der Waals surface area contributed by atoms with E-state index < -0.39 is 4.92 Å². The molecular weight excluding hydrogens is 432 g/mol. The number of hydrogen-bond donors (Lipinski definition) is 0. The Hall–Kier alpha value is -3.55. The molecule has 0 amide bonds. The predicted molar refractivity (Wildman–Crippen MR) is 125 cm³/mol. The van der Waals surface area contributed by atoms with Crippen LogP contribution in [0, 0.1) is 10.1 Å². The molecule has 0 saturated carbocycles. The first-order valence-corrected chi connectivity index (χ1v) is 10.6. The summed E-state index contributed by atoms with van der Waals surface area (Å²) in [7, 11) is 0. The Bertz CT molecular complexity index is 1330. The van der Waals surface area contributed by atoms with E-state index in [0.717, 1.165) is 28.2 Å². The lowest BCUT2D eigenvalue weighted by molar-refractivity contribution is -0.384. The summed E-state index contributed by atoms with van der Waals surface area (Å²) in [5.74, 6) is 0. The molecule has 8 heteroatoms. The van der Waals surface area contributed by atoms with Crippen molar-refractivity contribution >= 4 is 34.3 Å². The Morgan fingerprint density at radius 1 is 1.03 bits per heavy atom. The van der Waals surface area contributed by atoms with Crippen LogP contribution < -0.4 is 4.80 Å². The van der Waals surface area contributed by atoms with Crippen LogP contribution in [0.3, 0.4) is 0 Å². The van der Waals surface area contributed by atoms with Crippen molar-refractivity contribution in [2.45, 2.75) is 6.92 Å². The Kier molecular flexibility index (Phi) is 6.06. The second-order valence-corrected chi connectivity index (χ2v) is 7.95. The van der Waals surface area contributed by atoms with E-state index in [1.165, 1.54) is 17.4 Å². The largest absolute Gasteiger partial charge is 0.284 e. The van der Waals surface area contributed by atoms with Crippen molar-refractivity contribution in [2.24, 2.45) is 10.2 Å². The number of para-hydroxylation sites is 1. The Balaban J connectivity index is 1.85. The van der Waals surface area contributed by atoms with Gasteiger partial charge in [0.15, 0.2) is 0 Å². The summed E-state index contributed by atoms with van der Waals surface area (Å²) in [5.41, 5.74) is 4.14. The van der Waals surface area contributed by atoms with Gasteiger partial charge in [-0.25, -0.2) is 0 Å². The number of benzene rings is 3. The van der Waals surface area contributed by atoms with Gasteiger partial charge >= 0.3 is 0 Å². The molecule has 0 bridgehead atoms. The number of halogens is 1. The van der Waals surface area contributed by atoms with Crippen molar-refractivity contribution in [1.82, 2.24) is 4.57 Å². The highest BCUT2D eigenvalue weighted by atomic mass is 35.5. The van der Waals surface area contributed by atoms with Crippen LogP contribution in [-0.4, -0.2) is 15.2 Å². The fourth-order valence-electron chi connectivity index (χ4n) is 3.05. The number of aromatic nitrogens is 1. The topological polar surface area (TPSA) is 72.8 Å². The number of nitro groups is 1. The highest BCUT2D eigenvalue weighted by Crippen LogP contribution is 2.26. The zero-order valence-corrected chi connectivity index (χ0v) is 18.0. The van der Waals surface area contributed by atoms with Gasteiger partial charge in [-0.05, 0) is 36.8 Å². The minimum absolute atomic E-state index is 0.0402. The summed E-state index contributed by atoms with van der Waals surface area (Å²) < 4.78 is 1.95. The molecule has 31 heavy (non-hydrogen) atoms. The second-order valence-electron chi connectivity index (χ2n) is 6.67. The molecule has 0 unspecified atom stereocenters. The van der Waals surface area contributed by atoms with Crippen molar-refractivity contribution in [3.05, 3.63) is 110 Å². The summed E-state index contributed by atoms with van der Waals surface area (Å²) >= 11 is 7.38. The summed E-state index contributed by atoms with van der Waals surface area (Å²) in [6.45, 7) is 1.88. The maximum Gasteiger partial charge on any atom is 0.270 e. The third-order valence-corrected chi connectivity index (χ3v) is 5.69. The van der Waals surface area contributed by atoms with Gasteiger partial charge in [-0.3, -0.25) is 14.7 Å². The van der Waals surface area contributed by atoms with Gasteiger partial charge in [-0.15, -0.1) is 16.4 Å². The number of thiazole rings is 1. The SMILES string of the molecule is CC(=NN=c1scc(-c2cccc([N+](=O)[O-])c2)n1-c1ccccc1)c1ccc(Cl)cc1. The lowest BCUT2D eigenvalue weighted by Gasteiger charge is -2.09. The second kappa shape index (κ2) is 9.07. The highest BCUT2D eigenvalue weighted by molar-refractivity contribution is 7.07. The molecule has 4 aromatic rings. The van der Waals surface area contributed by atoms with E-state index in [2.05, 4.69) is 10.2 Å². The van der Waals surface area contributed by atoms with Crippen LogP contribution >= 0.6 is 22.9 Å². The summed E-state index contributed by atoms with van der Waals surface area (Å²) in [5, 5.41) is 22.7. The lowest BCUT2D eigenvalue weighted by atomic mass is 10.1. The van der Waals surface area contributed by atoms with Crippen LogP contribution in [0.5, 0.6) is 0 Å². The maximum atomic E-state index is 11.2. The normalized spacial score (nSPS) is 12.2. The molecule has 0 saturated heterocycles. The predicted octanol–water partition coefficient (Wildman–Crippen LogP) is 6.09. The fourth-order valence-corrected chi connectivity index (χ4v) is 4.04. The summed E-state index contributed by atoms with van der Waals surface area (Å²) in [6.07, 6.45) is 0. The molecule has 0 atom stereocenters. The van der Waals surface area contributed by atoms with Crippen molar-refractivity contribution in [1.29, 1.82) is 0 Å². The third-order valence-electron chi connectivity index (χ3n) is 4.62. The quantitative estimate of drug-likeness (QED) is 0.210. The molecule has 3 aromatic carbocycles. The summed E-state index contributed by atoms with van der Waals surface area (Å²) in [6, 6.07) is 23.7. The van der Waals surface area contributed by atoms with Gasteiger partial charge in [0.25, 0.3) is 5.69 Å². The average Bonchev–Trinajstić information content (AvgIpc) is 3.22. The van der Waals surface area contributed by atoms with Gasteiger partial charge < -0.3 is 0 Å². The van der Waals surface area contributed by atoms with Crippen LogP contribution in [0.1, 0.15) is 12.5 Å². The molecule has 154 valence electrons. The van der Waals surface area contributed by atoms with Crippen molar-refractivity contribution < 1.29 is 4.92 Å². The van der Waals surface area contributed by atoms with Gasteiger partial charge in [-0.2, -0.15) is 5.10 Å². The van der Waals surface area contributed by atoms with Gasteiger partial charge in [0.1, 0.15) is 0 Å². The minimum atomic E-state index is -0.395. The van der Waals surface area contributed by atoms with Gasteiger partial charge in [0, 0.05) is 33.8 Å². The lowest BCUT2D eigenvalue weighted by Crippen LogP contribution is -2.13. The first-order chi connectivity index (χ1) is 15.0. The van der Waals surface area contributed by atoms with E-state index >= 15 is 0 Å². The molecule has 0 aliphatic rings. The Morgan fingerprint density at radius 3 is 2.48 bits per heavy atom. The Morgan fingerprint density at radius 2 is 1.77 bits per heavy atom. The van der Waals surface area contributed by atoms with E-state index in [1.807, 2.05) is 77.5 Å². The van der Waals surface area contributed by atoms with E-state index in [9.17, 15) is 10.1 Å². The summed E-state index contributed by atoms with van der Waals surface area (Å²) in [4.78, 5) is 11.5. The molecule has 0 N–H and O–H groups in total. The van der Waals surface area contributed by atoms with Crippen LogP contribution in [0.4, 0.5) is 5.69 Å². The van der Waals surface area contributed by atoms with Crippen LogP contribution in [-0.2, 0) is 0 Å². The molecule has 1 heterocycles. The molecule has 0 radical (unpaired) electrons. The first-order valence-electron chi connectivity index (χ1n) is 9.38. The van der Waals surface area contributed by atoms with Gasteiger partial charge in [-0.1, -0.05) is 54.1 Å². The van der Waals surface area contributed by atoms with Crippen molar-refractivity contribution in [3.8, 4) is 16.9 Å². The number of rotatable bonds is 5. The third kappa shape index (κ3) is 4.63. The van der Waals surface area contributed by atoms with Gasteiger partial charge in [0.05, 0.1) is 16.3 Å². The number of nitro benzene ring substituents is 1. The van der Waals surface area contributed by atoms with Crippen molar-refractivity contribution in [3.63, 3.8) is 0 Å². The highest BCUT2D eigenvalue weighted by Gasteiger charge is 2.13. The molecule has 0 spiro atoms. The minimum Gasteiger partial charge on any atom is -0.284 e. The van der Waals surface area contributed by atoms with Gasteiger partial charge in [0.2, 0.25) is 4.80 Å². The zero-order chi connectivity index (χ0) is 21.8. The first kappa shape index (κ1) is 20.7. The maximum absolute atomic E-state index is 11.2. The molecule has 6 nitrogen and oxygen atoms in total. The van der Waals surface area contributed by atoms with E-state index in [0.29, 0.717) is 9.82 Å². The van der Waals surface area contributed by atoms with Crippen LogP contribution in [0.15, 0.2) is 94.4 Å². The number of nitrogens with zero attached hydrogens (tertiary/aromatic N) is 4. The fraction of sp³-hybridized carbons (Fsp3) is 0.0435. The smallest absolute Gasteiger partial charge is 0.270 e. The molecule has 4 rings (SSSR count). The zero-order valence-electron chi connectivity index (χ0n) is 16.5. The number of non-ortho nitro benzene ring substituents is 1. The molecule has 0 fully saturated rings. The molecule has 0 aliphatic heterocycles. The number of hydrogen-bond acceptors (Lipinski definition) is 5. The standard InChI is InChI=1S/C23H17ClN4O2S/c1-16(17-10-12-19(24)13-11-17)25-26-23-27(20-7-3-2-4-8-20)22(15-31-23)18-6-5-9-21(14-18)28(29)30/h2-15H,1H3. The average molecular weight is 449 g/mol. The van der Waals surface area contributed by atoms with Crippen molar-refractivity contribution in [2.75, 3.05) is 0 Å². The monoisotopic (exact) mass is 448 g/mol. The van der Waals surface area contributed by atoms with Crippen LogP contribution in [0.2, 0.25) is 5.02 Å². The Labute approximate surface area is 187 Å². The van der Waals surface area contributed by atoms with E-state index in [-0.39, 0.29) is 5.69 Å². The molecule has 1 aromatic heterocycles.